The Labute approximate surface area is 92.4 Å². The number of nitrogens with two attached hydrogens (primary N) is 2. The first-order valence-corrected chi connectivity index (χ1v) is 4.75. The molecule has 0 saturated heterocycles. The molecule has 0 aliphatic carbocycles. The Balaban J connectivity index is 2.68. The summed E-state index contributed by atoms with van der Waals surface area (Å²) in [5, 5.41) is 0.367. The van der Waals surface area contributed by atoms with E-state index in [4.69, 9.17) is 27.8 Å². The van der Waals surface area contributed by atoms with Crippen LogP contribution in [0.1, 0.15) is 10.4 Å². The van der Waals surface area contributed by atoms with Gasteiger partial charge in [0.15, 0.2) is 5.78 Å². The lowest BCUT2D eigenvalue weighted by molar-refractivity contribution is 0.0775. The van der Waals surface area contributed by atoms with E-state index in [2.05, 4.69) is 4.98 Å². The number of carbonyl (C=O) groups is 1. The van der Waals surface area contributed by atoms with Crippen LogP contribution in [0.25, 0.3) is 0 Å². The molecule has 0 amide bonds. The Hall–Kier alpha value is -1.17. The summed E-state index contributed by atoms with van der Waals surface area (Å²) < 4.78 is 4.99. The molecule has 6 heteroatoms. The highest BCUT2D eigenvalue weighted by molar-refractivity contribution is 6.31. The van der Waals surface area contributed by atoms with Crippen LogP contribution in [0.4, 0.5) is 5.82 Å². The largest absolute Gasteiger partial charge is 0.383 e. The first-order valence-electron chi connectivity index (χ1n) is 4.37. The molecular weight excluding hydrogens is 218 g/mol. The third-order valence-electron chi connectivity index (χ3n) is 1.68. The van der Waals surface area contributed by atoms with Gasteiger partial charge in [0.25, 0.3) is 0 Å². The van der Waals surface area contributed by atoms with Crippen molar-refractivity contribution in [3.8, 4) is 0 Å². The van der Waals surface area contributed by atoms with Crippen LogP contribution in [0.15, 0.2) is 12.3 Å². The van der Waals surface area contributed by atoms with Crippen LogP contribution in [0.2, 0.25) is 5.02 Å². The summed E-state index contributed by atoms with van der Waals surface area (Å²) >= 11 is 5.69. The second-order valence-corrected chi connectivity index (χ2v) is 3.29. The zero-order valence-electron chi connectivity index (χ0n) is 8.07. The van der Waals surface area contributed by atoms with Crippen molar-refractivity contribution in [1.82, 2.24) is 4.98 Å². The lowest BCUT2D eigenvalue weighted by atomic mass is 10.2. The maximum Gasteiger partial charge on any atom is 0.192 e. The quantitative estimate of drug-likeness (QED) is 0.566. The molecule has 1 aromatic heterocycles. The van der Waals surface area contributed by atoms with Gasteiger partial charge in [0.2, 0.25) is 0 Å². The maximum absolute atomic E-state index is 11.5. The fourth-order valence-electron chi connectivity index (χ4n) is 0.999. The van der Waals surface area contributed by atoms with Crippen LogP contribution < -0.4 is 11.5 Å². The average molecular weight is 230 g/mol. The minimum Gasteiger partial charge on any atom is -0.383 e. The molecule has 82 valence electrons. The number of nitrogen functional groups attached to an aromatic ring is 1. The Morgan fingerprint density at radius 3 is 3.00 bits per heavy atom. The van der Waals surface area contributed by atoms with Crippen LogP contribution in [0.5, 0.6) is 0 Å². The number of hydrogen-bond acceptors (Lipinski definition) is 5. The molecule has 1 heterocycles. The third-order valence-corrected chi connectivity index (χ3v) is 1.89. The van der Waals surface area contributed by atoms with E-state index in [1.54, 1.807) is 0 Å². The van der Waals surface area contributed by atoms with Crippen LogP contribution in [-0.4, -0.2) is 30.5 Å². The van der Waals surface area contributed by atoms with Crippen LogP contribution in [-0.2, 0) is 4.74 Å². The van der Waals surface area contributed by atoms with E-state index in [1.165, 1.54) is 12.3 Å². The van der Waals surface area contributed by atoms with Crippen molar-refractivity contribution < 1.29 is 9.53 Å². The van der Waals surface area contributed by atoms with E-state index in [9.17, 15) is 4.79 Å². The zero-order valence-corrected chi connectivity index (χ0v) is 8.83. The van der Waals surface area contributed by atoms with Gasteiger partial charge < -0.3 is 16.2 Å². The van der Waals surface area contributed by atoms with E-state index in [0.29, 0.717) is 18.2 Å². The number of Topliss-reactive ketones (excluding diaryl/α,β-unsaturated/α-hetero) is 1. The van der Waals surface area contributed by atoms with Gasteiger partial charge in [0, 0.05) is 12.7 Å². The van der Waals surface area contributed by atoms with Crippen LogP contribution in [0.3, 0.4) is 0 Å². The number of ether oxygens (including phenoxy) is 1. The lowest BCUT2D eigenvalue weighted by Gasteiger charge is -2.04. The Bertz CT molecular complexity index is 357. The van der Waals surface area contributed by atoms with E-state index in [0.717, 1.165) is 0 Å². The number of hydrogen-bond donors (Lipinski definition) is 2. The molecule has 4 N–H and O–H groups in total. The molecular formula is C9H12ClN3O2. The third kappa shape index (κ3) is 3.47. The van der Waals surface area contributed by atoms with Gasteiger partial charge in [0.05, 0.1) is 17.2 Å². The Kier molecular flexibility index (Phi) is 4.48. The van der Waals surface area contributed by atoms with Gasteiger partial charge in [-0.1, -0.05) is 11.6 Å². The number of carbonyl (C=O) groups excluding carboxylic acids is 1. The highest BCUT2D eigenvalue weighted by Crippen LogP contribution is 2.15. The lowest BCUT2D eigenvalue weighted by Crippen LogP contribution is -2.16. The Morgan fingerprint density at radius 1 is 1.60 bits per heavy atom. The molecule has 15 heavy (non-hydrogen) atoms. The summed E-state index contributed by atoms with van der Waals surface area (Å²) in [5.41, 5.74) is 11.0. The van der Waals surface area contributed by atoms with Gasteiger partial charge in [-0.3, -0.25) is 4.79 Å². The van der Waals surface area contributed by atoms with E-state index >= 15 is 0 Å². The van der Waals surface area contributed by atoms with Crippen molar-refractivity contribution >= 4 is 23.2 Å². The average Bonchev–Trinajstić information content (AvgIpc) is 2.22. The summed E-state index contributed by atoms with van der Waals surface area (Å²) in [7, 11) is 0. The normalized spacial score (nSPS) is 10.3. The number of pyridine rings is 1. The number of aromatic nitrogens is 1. The van der Waals surface area contributed by atoms with Crippen LogP contribution >= 0.6 is 11.6 Å². The highest BCUT2D eigenvalue weighted by atomic mass is 35.5. The van der Waals surface area contributed by atoms with Gasteiger partial charge in [-0.15, -0.1) is 0 Å². The summed E-state index contributed by atoms with van der Waals surface area (Å²) in [5.74, 6) is -0.100. The summed E-state index contributed by atoms with van der Waals surface area (Å²) in [6.07, 6.45) is 1.38. The predicted molar refractivity (Wildman–Crippen MR) is 57.9 cm³/mol. The van der Waals surface area contributed by atoms with Gasteiger partial charge in [-0.25, -0.2) is 4.98 Å². The number of nitrogens with zero attached hydrogens (tertiary/aromatic N) is 1. The van der Waals surface area contributed by atoms with Crippen molar-refractivity contribution in [2.24, 2.45) is 5.73 Å². The molecule has 0 spiro atoms. The molecule has 0 fully saturated rings. The van der Waals surface area contributed by atoms with Crippen molar-refractivity contribution in [2.45, 2.75) is 0 Å². The van der Waals surface area contributed by atoms with Crippen molar-refractivity contribution in [3.63, 3.8) is 0 Å². The minimum absolute atomic E-state index is 0.0660. The Morgan fingerprint density at radius 2 is 2.33 bits per heavy atom. The van der Waals surface area contributed by atoms with Gasteiger partial charge in [-0.2, -0.15) is 0 Å². The first-order chi connectivity index (χ1) is 7.15. The zero-order chi connectivity index (χ0) is 11.3. The molecule has 5 nitrogen and oxygen atoms in total. The van der Waals surface area contributed by atoms with Crippen molar-refractivity contribution in [3.05, 3.63) is 22.8 Å². The molecule has 1 rings (SSSR count). The standard InChI is InChI=1S/C9H12ClN3O2/c10-6-3-7(9(12)13-4-6)8(14)5-15-2-1-11/h3-4H,1-2,5,11H2,(H2,12,13). The van der Waals surface area contributed by atoms with Gasteiger partial charge in [-0.05, 0) is 6.07 Å². The summed E-state index contributed by atoms with van der Waals surface area (Å²) in [4.78, 5) is 15.3. The minimum atomic E-state index is -0.254. The second kappa shape index (κ2) is 5.65. The molecule has 0 unspecified atom stereocenters. The molecule has 0 aliphatic heterocycles. The predicted octanol–water partition coefficient (Wildman–Crippen LogP) is 0.475. The number of rotatable bonds is 5. The smallest absolute Gasteiger partial charge is 0.192 e. The summed E-state index contributed by atoms with van der Waals surface area (Å²) in [6, 6.07) is 1.47. The van der Waals surface area contributed by atoms with E-state index in [1.807, 2.05) is 0 Å². The fourth-order valence-corrected chi connectivity index (χ4v) is 1.16. The topological polar surface area (TPSA) is 91.2 Å². The SMILES string of the molecule is NCCOCC(=O)c1cc(Cl)cnc1N. The van der Waals surface area contributed by atoms with Crippen LogP contribution in [0, 0.1) is 0 Å². The second-order valence-electron chi connectivity index (χ2n) is 2.85. The van der Waals surface area contributed by atoms with Gasteiger partial charge in [0.1, 0.15) is 12.4 Å². The molecule has 0 saturated carbocycles. The molecule has 0 aromatic carbocycles. The van der Waals surface area contributed by atoms with Crippen molar-refractivity contribution in [2.75, 3.05) is 25.5 Å². The molecule has 0 radical (unpaired) electrons. The number of anilines is 1. The van der Waals surface area contributed by atoms with E-state index in [-0.39, 0.29) is 23.8 Å². The van der Waals surface area contributed by atoms with E-state index < -0.39 is 0 Å². The fraction of sp³-hybridized carbons (Fsp3) is 0.333. The molecule has 0 atom stereocenters. The maximum atomic E-state index is 11.5. The van der Waals surface area contributed by atoms with Crippen molar-refractivity contribution in [1.29, 1.82) is 0 Å². The number of ketones is 1. The first kappa shape index (κ1) is 11.9. The molecule has 1 aromatic rings. The van der Waals surface area contributed by atoms with Gasteiger partial charge >= 0.3 is 0 Å². The molecule has 0 aliphatic rings. The molecule has 0 bridgehead atoms. The monoisotopic (exact) mass is 229 g/mol. The highest BCUT2D eigenvalue weighted by Gasteiger charge is 2.11. The number of halogens is 1. The summed E-state index contributed by atoms with van der Waals surface area (Å²) in [6.45, 7) is 0.639.